The Morgan fingerprint density at radius 1 is 1.07 bits per heavy atom. The number of alkyl halides is 3. The van der Waals surface area contributed by atoms with Gasteiger partial charge in [0.1, 0.15) is 5.69 Å². The minimum absolute atomic E-state index is 0.132. The molecule has 28 heavy (non-hydrogen) atoms. The zero-order valence-electron chi connectivity index (χ0n) is 14.2. The number of benzene rings is 1. The van der Waals surface area contributed by atoms with Crippen molar-refractivity contribution in [1.29, 1.82) is 0 Å². The standard InChI is InChI=1S/C17H12F3N5O2S/c1-9(26)22-13-3-2-10(6-11(13)17(18,19)20)12-4-5-15(25-24-12)23-16(27)14-7-28-8-21-14/h2-8H,1H3,(H,22,26)(H,23,25,27). The van der Waals surface area contributed by atoms with Crippen molar-refractivity contribution in [3.63, 3.8) is 0 Å². The number of nitrogens with zero attached hydrogens (tertiary/aromatic N) is 3. The van der Waals surface area contributed by atoms with Gasteiger partial charge in [0, 0.05) is 17.9 Å². The molecule has 0 radical (unpaired) electrons. The van der Waals surface area contributed by atoms with Crippen LogP contribution in [0.4, 0.5) is 24.7 Å². The molecule has 2 heterocycles. The molecular formula is C17H12F3N5O2S. The number of rotatable bonds is 4. The molecule has 11 heteroatoms. The number of aromatic nitrogens is 3. The van der Waals surface area contributed by atoms with Crippen LogP contribution in [0.5, 0.6) is 0 Å². The van der Waals surface area contributed by atoms with Gasteiger partial charge in [-0.25, -0.2) is 4.98 Å². The smallest absolute Gasteiger partial charge is 0.326 e. The summed E-state index contributed by atoms with van der Waals surface area (Å²) >= 11 is 1.26. The molecule has 0 atom stereocenters. The summed E-state index contributed by atoms with van der Waals surface area (Å²) in [6.45, 7) is 1.12. The summed E-state index contributed by atoms with van der Waals surface area (Å²) < 4.78 is 39.9. The summed E-state index contributed by atoms with van der Waals surface area (Å²) in [4.78, 5) is 26.9. The Bertz CT molecular complexity index is 1000. The summed E-state index contributed by atoms with van der Waals surface area (Å²) in [6.07, 6.45) is -4.66. The van der Waals surface area contributed by atoms with Gasteiger partial charge in [-0.05, 0) is 24.3 Å². The predicted octanol–water partition coefficient (Wildman–Crippen LogP) is 3.83. The van der Waals surface area contributed by atoms with Gasteiger partial charge < -0.3 is 10.6 Å². The normalized spacial score (nSPS) is 11.1. The van der Waals surface area contributed by atoms with Crippen LogP contribution in [0.25, 0.3) is 11.3 Å². The molecule has 0 fully saturated rings. The van der Waals surface area contributed by atoms with E-state index in [0.29, 0.717) is 0 Å². The molecule has 0 saturated heterocycles. The zero-order valence-corrected chi connectivity index (χ0v) is 15.1. The molecule has 0 aliphatic carbocycles. The van der Waals surface area contributed by atoms with E-state index in [1.807, 2.05) is 0 Å². The van der Waals surface area contributed by atoms with Crippen molar-refractivity contribution < 1.29 is 22.8 Å². The average molecular weight is 407 g/mol. The molecule has 2 aromatic heterocycles. The van der Waals surface area contributed by atoms with Crippen LogP contribution in [0.2, 0.25) is 0 Å². The Hall–Kier alpha value is -3.34. The molecule has 0 aliphatic heterocycles. The van der Waals surface area contributed by atoms with E-state index >= 15 is 0 Å². The van der Waals surface area contributed by atoms with Gasteiger partial charge in [0.05, 0.1) is 22.5 Å². The molecular weight excluding hydrogens is 395 g/mol. The molecule has 1 aromatic carbocycles. The van der Waals surface area contributed by atoms with Crippen molar-refractivity contribution >= 4 is 34.7 Å². The lowest BCUT2D eigenvalue weighted by Crippen LogP contribution is -2.14. The number of anilines is 2. The van der Waals surface area contributed by atoms with Crippen LogP contribution in [0.1, 0.15) is 23.0 Å². The largest absolute Gasteiger partial charge is 0.418 e. The number of halogens is 3. The lowest BCUT2D eigenvalue weighted by Gasteiger charge is -2.14. The van der Waals surface area contributed by atoms with Crippen LogP contribution in [-0.4, -0.2) is 27.0 Å². The number of carbonyl (C=O) groups is 2. The third-order valence-corrected chi connectivity index (χ3v) is 4.09. The van der Waals surface area contributed by atoms with Gasteiger partial charge in [-0.3, -0.25) is 9.59 Å². The van der Waals surface area contributed by atoms with Crippen molar-refractivity contribution in [3.05, 3.63) is 52.5 Å². The van der Waals surface area contributed by atoms with E-state index < -0.39 is 23.6 Å². The molecule has 7 nitrogen and oxygen atoms in total. The fourth-order valence-corrected chi connectivity index (χ4v) is 2.83. The maximum Gasteiger partial charge on any atom is 0.418 e. The number of carbonyl (C=O) groups excluding carboxylic acids is 2. The summed E-state index contributed by atoms with van der Waals surface area (Å²) in [5, 5.41) is 13.9. The quantitative estimate of drug-likeness (QED) is 0.685. The van der Waals surface area contributed by atoms with E-state index in [0.717, 1.165) is 19.1 Å². The molecule has 2 N–H and O–H groups in total. The van der Waals surface area contributed by atoms with E-state index in [9.17, 15) is 22.8 Å². The van der Waals surface area contributed by atoms with Gasteiger partial charge in [0.25, 0.3) is 5.91 Å². The third-order valence-electron chi connectivity index (χ3n) is 3.50. The zero-order chi connectivity index (χ0) is 20.3. The van der Waals surface area contributed by atoms with E-state index in [4.69, 9.17) is 0 Å². The number of hydrogen-bond acceptors (Lipinski definition) is 6. The first-order chi connectivity index (χ1) is 13.2. The highest BCUT2D eigenvalue weighted by Crippen LogP contribution is 2.37. The van der Waals surface area contributed by atoms with Crippen molar-refractivity contribution in [2.45, 2.75) is 13.1 Å². The molecule has 2 amide bonds. The summed E-state index contributed by atoms with van der Waals surface area (Å²) in [5.41, 5.74) is 0.718. The first-order valence-electron chi connectivity index (χ1n) is 7.76. The van der Waals surface area contributed by atoms with E-state index in [2.05, 4.69) is 25.8 Å². The predicted molar refractivity (Wildman–Crippen MR) is 96.8 cm³/mol. The fourth-order valence-electron chi connectivity index (χ4n) is 2.29. The SMILES string of the molecule is CC(=O)Nc1ccc(-c2ccc(NC(=O)c3cscn3)nn2)cc1C(F)(F)F. The van der Waals surface area contributed by atoms with Gasteiger partial charge >= 0.3 is 6.18 Å². The van der Waals surface area contributed by atoms with Crippen LogP contribution in [0, 0.1) is 0 Å². The van der Waals surface area contributed by atoms with Gasteiger partial charge in [-0.1, -0.05) is 6.07 Å². The Balaban J connectivity index is 1.85. The van der Waals surface area contributed by atoms with Gasteiger partial charge in [0.2, 0.25) is 5.91 Å². The Kier molecular flexibility index (Phi) is 5.36. The maximum absolute atomic E-state index is 13.3. The fraction of sp³-hybridized carbons (Fsp3) is 0.118. The second-order valence-electron chi connectivity index (χ2n) is 5.57. The van der Waals surface area contributed by atoms with Gasteiger partial charge in [-0.15, -0.1) is 21.5 Å². The highest BCUT2D eigenvalue weighted by atomic mass is 32.1. The van der Waals surface area contributed by atoms with Crippen molar-refractivity contribution in [3.8, 4) is 11.3 Å². The lowest BCUT2D eigenvalue weighted by atomic mass is 10.1. The summed E-state index contributed by atoms with van der Waals surface area (Å²) in [5.74, 6) is -0.951. The third kappa shape index (κ3) is 4.49. The number of amides is 2. The van der Waals surface area contributed by atoms with Crippen LogP contribution in [0.15, 0.2) is 41.2 Å². The highest BCUT2D eigenvalue weighted by molar-refractivity contribution is 7.07. The van der Waals surface area contributed by atoms with Gasteiger partial charge in [0.15, 0.2) is 5.82 Å². The second kappa shape index (κ2) is 7.72. The molecule has 0 saturated carbocycles. The molecule has 3 aromatic rings. The summed E-state index contributed by atoms with van der Waals surface area (Å²) in [7, 11) is 0. The maximum atomic E-state index is 13.3. The molecule has 0 bridgehead atoms. The number of thiazole rings is 1. The average Bonchev–Trinajstić information content (AvgIpc) is 3.16. The first kappa shape index (κ1) is 19.4. The number of hydrogen-bond donors (Lipinski definition) is 2. The topological polar surface area (TPSA) is 96.9 Å². The Labute approximate surface area is 160 Å². The van der Waals surface area contributed by atoms with Crippen LogP contribution in [0.3, 0.4) is 0 Å². The van der Waals surface area contributed by atoms with Gasteiger partial charge in [-0.2, -0.15) is 13.2 Å². The van der Waals surface area contributed by atoms with Crippen LogP contribution < -0.4 is 10.6 Å². The lowest BCUT2D eigenvalue weighted by molar-refractivity contribution is -0.136. The summed E-state index contributed by atoms with van der Waals surface area (Å²) in [6, 6.07) is 6.26. The van der Waals surface area contributed by atoms with Crippen molar-refractivity contribution in [1.82, 2.24) is 15.2 Å². The first-order valence-corrected chi connectivity index (χ1v) is 8.71. The van der Waals surface area contributed by atoms with Crippen molar-refractivity contribution in [2.75, 3.05) is 10.6 Å². The van der Waals surface area contributed by atoms with E-state index in [-0.39, 0.29) is 28.5 Å². The van der Waals surface area contributed by atoms with E-state index in [1.165, 1.54) is 35.0 Å². The van der Waals surface area contributed by atoms with Crippen LogP contribution >= 0.6 is 11.3 Å². The second-order valence-corrected chi connectivity index (χ2v) is 6.29. The molecule has 0 aliphatic rings. The van der Waals surface area contributed by atoms with Crippen LogP contribution in [-0.2, 0) is 11.0 Å². The number of nitrogens with one attached hydrogen (secondary N) is 2. The Morgan fingerprint density at radius 3 is 2.43 bits per heavy atom. The molecule has 0 unspecified atom stereocenters. The minimum atomic E-state index is -4.66. The minimum Gasteiger partial charge on any atom is -0.326 e. The van der Waals surface area contributed by atoms with E-state index in [1.54, 1.807) is 5.38 Å². The Morgan fingerprint density at radius 2 is 1.86 bits per heavy atom. The van der Waals surface area contributed by atoms with Crippen molar-refractivity contribution in [2.24, 2.45) is 0 Å². The molecule has 3 rings (SSSR count). The monoisotopic (exact) mass is 407 g/mol. The highest BCUT2D eigenvalue weighted by Gasteiger charge is 2.34. The molecule has 0 spiro atoms. The molecule has 144 valence electrons.